The van der Waals surface area contributed by atoms with Crippen molar-refractivity contribution < 1.29 is 8.98 Å². The zero-order valence-electron chi connectivity index (χ0n) is 5.22. The van der Waals surface area contributed by atoms with Crippen LogP contribution >= 0.6 is 28.0 Å². The summed E-state index contributed by atoms with van der Waals surface area (Å²) in [5.41, 5.74) is 0. The number of alkyl halides is 1. The number of hydrogen-bond donors (Lipinski definition) is 0. The van der Waals surface area contributed by atoms with E-state index in [4.69, 9.17) is 0 Å². The van der Waals surface area contributed by atoms with Crippen LogP contribution in [-0.2, 0) is 8.98 Å². The molecule has 2 nitrogen and oxygen atoms in total. The van der Waals surface area contributed by atoms with Gasteiger partial charge in [-0.05, 0) is 0 Å². The maximum Gasteiger partial charge on any atom is 0.317 e. The van der Waals surface area contributed by atoms with Gasteiger partial charge in [-0.3, -0.25) is 4.79 Å². The van der Waals surface area contributed by atoms with E-state index in [9.17, 15) is 4.79 Å². The van der Waals surface area contributed by atoms with E-state index in [1.54, 1.807) is 6.92 Å². The Hall–Kier alpha value is 0.300. The summed E-state index contributed by atoms with van der Waals surface area (Å²) in [6.07, 6.45) is 0.454. The predicted octanol–water partition coefficient (Wildman–Crippen LogP) is 1.98. The van der Waals surface area contributed by atoms with Crippen molar-refractivity contribution in [3.05, 3.63) is 0 Å². The van der Waals surface area contributed by atoms with Crippen molar-refractivity contribution in [2.45, 2.75) is 13.3 Å². The lowest BCUT2D eigenvalue weighted by Gasteiger charge is -1.96. The number of carbonyl (C=O) groups excluding carboxylic acids is 1. The van der Waals surface area contributed by atoms with E-state index in [0.717, 1.165) is 11.1 Å². The standard InChI is InChI=1S/C5H9BrO2S/c1-2-5(7)8-9-4-3-6/h2-4H2,1H3. The van der Waals surface area contributed by atoms with Crippen molar-refractivity contribution in [1.29, 1.82) is 0 Å². The minimum atomic E-state index is -0.152. The summed E-state index contributed by atoms with van der Waals surface area (Å²) in [5, 5.41) is 0.856. The van der Waals surface area contributed by atoms with Gasteiger partial charge in [-0.25, -0.2) is 0 Å². The lowest BCUT2D eigenvalue weighted by Crippen LogP contribution is -1.95. The summed E-state index contributed by atoms with van der Waals surface area (Å²) < 4.78 is 4.68. The molecule has 0 bridgehead atoms. The van der Waals surface area contributed by atoms with E-state index in [2.05, 4.69) is 20.1 Å². The third-order valence-corrected chi connectivity index (χ3v) is 2.20. The van der Waals surface area contributed by atoms with Crippen LogP contribution in [0.15, 0.2) is 0 Å². The van der Waals surface area contributed by atoms with E-state index in [0.29, 0.717) is 6.42 Å². The Bertz CT molecular complexity index is 87.0. The van der Waals surface area contributed by atoms with Crippen molar-refractivity contribution in [3.63, 3.8) is 0 Å². The Morgan fingerprint density at radius 3 is 2.89 bits per heavy atom. The lowest BCUT2D eigenvalue weighted by atomic mass is 10.5. The van der Waals surface area contributed by atoms with Crippen LogP contribution in [0.4, 0.5) is 0 Å². The fraction of sp³-hybridized carbons (Fsp3) is 0.800. The first-order valence-electron chi connectivity index (χ1n) is 2.69. The van der Waals surface area contributed by atoms with Gasteiger partial charge in [-0.1, -0.05) is 22.9 Å². The molecule has 0 amide bonds. The van der Waals surface area contributed by atoms with Crippen LogP contribution in [-0.4, -0.2) is 17.1 Å². The first kappa shape index (κ1) is 9.30. The molecule has 0 fully saturated rings. The molecule has 9 heavy (non-hydrogen) atoms. The maximum atomic E-state index is 10.4. The smallest absolute Gasteiger partial charge is 0.317 e. The molecule has 0 heterocycles. The van der Waals surface area contributed by atoms with Crippen LogP contribution in [0.5, 0.6) is 0 Å². The van der Waals surface area contributed by atoms with Gasteiger partial charge in [0.2, 0.25) is 0 Å². The number of carbonyl (C=O) groups is 1. The second-order valence-electron chi connectivity index (χ2n) is 1.32. The summed E-state index contributed by atoms with van der Waals surface area (Å²) in [4.78, 5) is 10.4. The molecule has 0 aromatic heterocycles. The number of rotatable bonds is 4. The third kappa shape index (κ3) is 6.18. The summed E-state index contributed by atoms with van der Waals surface area (Å²) in [5.74, 6) is 0.659. The molecule has 0 spiro atoms. The van der Waals surface area contributed by atoms with Gasteiger partial charge in [0.15, 0.2) is 0 Å². The highest BCUT2D eigenvalue weighted by molar-refractivity contribution is 9.09. The molecule has 0 radical (unpaired) electrons. The SMILES string of the molecule is CCC(=O)OSCCBr. The second kappa shape index (κ2) is 6.42. The molecule has 0 N–H and O–H groups in total. The van der Waals surface area contributed by atoms with Gasteiger partial charge < -0.3 is 4.18 Å². The number of halogens is 1. The average Bonchev–Trinajstić information content (AvgIpc) is 1.89. The quantitative estimate of drug-likeness (QED) is 0.405. The van der Waals surface area contributed by atoms with Gasteiger partial charge in [0.1, 0.15) is 0 Å². The van der Waals surface area contributed by atoms with Gasteiger partial charge >= 0.3 is 5.97 Å². The zero-order chi connectivity index (χ0) is 7.11. The first-order chi connectivity index (χ1) is 4.31. The second-order valence-corrected chi connectivity index (χ2v) is 2.92. The van der Waals surface area contributed by atoms with Crippen LogP contribution in [0, 0.1) is 0 Å². The van der Waals surface area contributed by atoms with Crippen molar-refractivity contribution in [1.82, 2.24) is 0 Å². The Morgan fingerprint density at radius 1 is 1.78 bits per heavy atom. The lowest BCUT2D eigenvalue weighted by molar-refractivity contribution is -0.132. The highest BCUT2D eigenvalue weighted by Gasteiger charge is 1.96. The predicted molar refractivity (Wildman–Crippen MR) is 42.6 cm³/mol. The molecule has 0 aliphatic carbocycles. The zero-order valence-corrected chi connectivity index (χ0v) is 7.63. The van der Waals surface area contributed by atoms with Gasteiger partial charge in [-0.2, -0.15) is 0 Å². The van der Waals surface area contributed by atoms with Crippen LogP contribution in [0.2, 0.25) is 0 Å². The normalized spacial score (nSPS) is 9.11. The molecular weight excluding hydrogens is 204 g/mol. The number of hydrogen-bond acceptors (Lipinski definition) is 3. The minimum Gasteiger partial charge on any atom is -0.391 e. The molecule has 0 atom stereocenters. The summed E-state index contributed by atoms with van der Waals surface area (Å²) in [6, 6.07) is 0. The molecule has 54 valence electrons. The molecule has 0 aromatic rings. The topological polar surface area (TPSA) is 26.3 Å². The Balaban J connectivity index is 2.97. The van der Waals surface area contributed by atoms with Crippen molar-refractivity contribution in [2.24, 2.45) is 0 Å². The summed E-state index contributed by atoms with van der Waals surface area (Å²) >= 11 is 4.40. The molecular formula is C5H9BrO2S. The van der Waals surface area contributed by atoms with Crippen molar-refractivity contribution in [3.8, 4) is 0 Å². The average molecular weight is 213 g/mol. The van der Waals surface area contributed by atoms with E-state index in [1.165, 1.54) is 12.0 Å². The molecule has 0 aliphatic heterocycles. The molecule has 0 aliphatic rings. The van der Waals surface area contributed by atoms with E-state index >= 15 is 0 Å². The van der Waals surface area contributed by atoms with Gasteiger partial charge in [0, 0.05) is 17.5 Å². The van der Waals surface area contributed by atoms with E-state index in [-0.39, 0.29) is 5.97 Å². The van der Waals surface area contributed by atoms with Crippen LogP contribution in [0.1, 0.15) is 13.3 Å². The molecule has 0 aromatic carbocycles. The minimum absolute atomic E-state index is 0.152. The monoisotopic (exact) mass is 212 g/mol. The fourth-order valence-electron chi connectivity index (χ4n) is 0.198. The van der Waals surface area contributed by atoms with Crippen LogP contribution in [0.25, 0.3) is 0 Å². The van der Waals surface area contributed by atoms with Crippen molar-refractivity contribution >= 4 is 33.9 Å². The van der Waals surface area contributed by atoms with Crippen LogP contribution < -0.4 is 0 Å². The molecule has 0 saturated carbocycles. The van der Waals surface area contributed by atoms with E-state index < -0.39 is 0 Å². The van der Waals surface area contributed by atoms with Crippen molar-refractivity contribution in [2.75, 3.05) is 11.1 Å². The summed E-state index contributed by atoms with van der Waals surface area (Å²) in [7, 11) is 0. The highest BCUT2D eigenvalue weighted by atomic mass is 79.9. The van der Waals surface area contributed by atoms with Crippen LogP contribution in [0.3, 0.4) is 0 Å². The Labute approximate surface area is 67.7 Å². The highest BCUT2D eigenvalue weighted by Crippen LogP contribution is 2.04. The molecule has 0 rings (SSSR count). The van der Waals surface area contributed by atoms with E-state index in [1.807, 2.05) is 0 Å². The third-order valence-electron chi connectivity index (χ3n) is 0.601. The van der Waals surface area contributed by atoms with Gasteiger partial charge in [-0.15, -0.1) is 0 Å². The summed E-state index contributed by atoms with van der Waals surface area (Å²) in [6.45, 7) is 1.77. The Morgan fingerprint density at radius 2 is 2.44 bits per heavy atom. The maximum absolute atomic E-state index is 10.4. The van der Waals surface area contributed by atoms with Gasteiger partial charge in [0.05, 0.1) is 12.0 Å². The fourth-order valence-corrected chi connectivity index (χ4v) is 0.990. The Kier molecular flexibility index (Phi) is 6.63. The molecule has 0 unspecified atom stereocenters. The molecule has 4 heteroatoms. The first-order valence-corrected chi connectivity index (χ1v) is 4.72. The molecule has 0 saturated heterocycles. The van der Waals surface area contributed by atoms with Gasteiger partial charge in [0.25, 0.3) is 0 Å². The largest absolute Gasteiger partial charge is 0.391 e.